The van der Waals surface area contributed by atoms with Crippen LogP contribution in [0.15, 0.2) is 0 Å². The fourth-order valence-corrected chi connectivity index (χ4v) is 2.97. The molecule has 0 saturated carbocycles. The maximum absolute atomic E-state index is 10.1. The normalized spacial score (nSPS) is 32.8. The first-order valence-corrected chi connectivity index (χ1v) is 6.48. The number of ether oxygens (including phenoxy) is 2. The maximum atomic E-state index is 10.1. The van der Waals surface area contributed by atoms with Crippen molar-refractivity contribution in [3.8, 4) is 0 Å². The average molecular weight is 218 g/mol. The molecule has 2 saturated heterocycles. The molecule has 3 nitrogen and oxygen atoms in total. The Balaban J connectivity index is 1.82. The van der Waals surface area contributed by atoms with E-state index < -0.39 is 0 Å². The molecule has 2 fully saturated rings. The van der Waals surface area contributed by atoms with Crippen LogP contribution in [0.1, 0.15) is 12.8 Å². The van der Waals surface area contributed by atoms with E-state index in [4.69, 9.17) is 9.47 Å². The van der Waals surface area contributed by atoms with Gasteiger partial charge in [-0.2, -0.15) is 11.8 Å². The summed E-state index contributed by atoms with van der Waals surface area (Å²) in [7, 11) is 0. The van der Waals surface area contributed by atoms with Gasteiger partial charge in [0, 0.05) is 24.7 Å². The van der Waals surface area contributed by atoms with Crippen molar-refractivity contribution < 1.29 is 14.6 Å². The van der Waals surface area contributed by atoms with Crippen LogP contribution in [-0.2, 0) is 9.47 Å². The van der Waals surface area contributed by atoms with Crippen LogP contribution in [0.2, 0.25) is 0 Å². The second kappa shape index (κ2) is 5.35. The topological polar surface area (TPSA) is 38.7 Å². The Morgan fingerprint density at radius 1 is 1.21 bits per heavy atom. The Morgan fingerprint density at radius 2 is 2.00 bits per heavy atom. The second-order valence-corrected chi connectivity index (χ2v) is 5.07. The number of hydrogen-bond acceptors (Lipinski definition) is 4. The number of aliphatic hydroxyl groups excluding tert-OH is 1. The van der Waals surface area contributed by atoms with Gasteiger partial charge in [0.25, 0.3) is 0 Å². The summed E-state index contributed by atoms with van der Waals surface area (Å²) in [6.07, 6.45) is 1.72. The molecule has 4 heteroatoms. The lowest BCUT2D eigenvalue weighted by atomic mass is 9.91. The second-order valence-electron chi connectivity index (χ2n) is 3.92. The lowest BCUT2D eigenvalue weighted by Gasteiger charge is -2.33. The molecule has 2 rings (SSSR count). The van der Waals surface area contributed by atoms with Crippen molar-refractivity contribution in [2.45, 2.75) is 25.0 Å². The molecule has 0 spiro atoms. The van der Waals surface area contributed by atoms with E-state index in [1.54, 1.807) is 0 Å². The van der Waals surface area contributed by atoms with Crippen molar-refractivity contribution in [1.29, 1.82) is 0 Å². The molecule has 0 amide bonds. The molecule has 2 aliphatic heterocycles. The molecule has 2 heterocycles. The highest BCUT2D eigenvalue weighted by Gasteiger charge is 2.30. The average Bonchev–Trinajstić information content (AvgIpc) is 2.30. The molecule has 0 radical (unpaired) electrons. The largest absolute Gasteiger partial charge is 0.390 e. The van der Waals surface area contributed by atoms with Gasteiger partial charge in [0.15, 0.2) is 0 Å². The predicted molar refractivity (Wildman–Crippen MR) is 56.6 cm³/mol. The van der Waals surface area contributed by atoms with Crippen molar-refractivity contribution >= 4 is 11.8 Å². The van der Waals surface area contributed by atoms with E-state index in [9.17, 15) is 5.11 Å². The van der Waals surface area contributed by atoms with Gasteiger partial charge >= 0.3 is 0 Å². The molecular weight excluding hydrogens is 200 g/mol. The zero-order valence-corrected chi connectivity index (χ0v) is 9.17. The van der Waals surface area contributed by atoms with Crippen LogP contribution in [0.4, 0.5) is 0 Å². The minimum atomic E-state index is -0.285. The summed E-state index contributed by atoms with van der Waals surface area (Å²) in [5, 5.41) is 10.1. The third-order valence-electron chi connectivity index (χ3n) is 2.97. The Labute approximate surface area is 89.2 Å². The van der Waals surface area contributed by atoms with Crippen LogP contribution >= 0.6 is 11.8 Å². The maximum Gasteiger partial charge on any atom is 0.0927 e. The van der Waals surface area contributed by atoms with Crippen LogP contribution < -0.4 is 0 Å². The molecule has 2 unspecified atom stereocenters. The van der Waals surface area contributed by atoms with Gasteiger partial charge in [-0.3, -0.25) is 0 Å². The lowest BCUT2D eigenvalue weighted by molar-refractivity contribution is -0.0725. The van der Waals surface area contributed by atoms with Crippen LogP contribution in [-0.4, -0.2) is 48.6 Å². The zero-order chi connectivity index (χ0) is 9.80. The highest BCUT2D eigenvalue weighted by molar-refractivity contribution is 7.99. The zero-order valence-electron chi connectivity index (χ0n) is 8.35. The summed E-state index contributed by atoms with van der Waals surface area (Å²) in [4.78, 5) is 0. The van der Waals surface area contributed by atoms with Crippen molar-refractivity contribution in [2.24, 2.45) is 5.92 Å². The summed E-state index contributed by atoms with van der Waals surface area (Å²) >= 11 is 1.88. The van der Waals surface area contributed by atoms with Crippen molar-refractivity contribution in [1.82, 2.24) is 0 Å². The molecule has 0 aromatic heterocycles. The van der Waals surface area contributed by atoms with E-state index in [0.717, 1.165) is 44.2 Å². The first kappa shape index (κ1) is 10.7. The summed E-state index contributed by atoms with van der Waals surface area (Å²) in [5.74, 6) is 2.39. The van der Waals surface area contributed by atoms with Gasteiger partial charge in [0.2, 0.25) is 0 Å². The van der Waals surface area contributed by atoms with Gasteiger partial charge < -0.3 is 14.6 Å². The summed E-state index contributed by atoms with van der Waals surface area (Å²) in [6, 6.07) is 0. The first-order valence-electron chi connectivity index (χ1n) is 5.33. The molecule has 2 aliphatic rings. The number of aliphatic hydroxyl groups is 1. The number of rotatable bonds is 2. The number of thioether (sulfide) groups is 1. The van der Waals surface area contributed by atoms with Gasteiger partial charge in [0.05, 0.1) is 18.8 Å². The molecule has 82 valence electrons. The van der Waals surface area contributed by atoms with E-state index in [0.29, 0.717) is 5.92 Å². The third kappa shape index (κ3) is 2.63. The Morgan fingerprint density at radius 3 is 2.64 bits per heavy atom. The van der Waals surface area contributed by atoms with E-state index >= 15 is 0 Å². The summed E-state index contributed by atoms with van der Waals surface area (Å²) < 4.78 is 10.9. The monoisotopic (exact) mass is 218 g/mol. The number of hydrogen-bond donors (Lipinski definition) is 1. The Hall–Kier alpha value is 0.230. The standard InChI is InChI=1S/C10H18O3S/c11-10(8-1-3-12-4-2-8)9-7-14-6-5-13-9/h8-11H,1-7H2. The van der Waals surface area contributed by atoms with Crippen molar-refractivity contribution in [3.05, 3.63) is 0 Å². The molecule has 1 N–H and O–H groups in total. The third-order valence-corrected chi connectivity index (χ3v) is 3.99. The van der Waals surface area contributed by atoms with Gasteiger partial charge in [-0.15, -0.1) is 0 Å². The molecule has 0 aliphatic carbocycles. The molecule has 0 aromatic rings. The molecule has 0 bridgehead atoms. The molecule has 2 atom stereocenters. The highest BCUT2D eigenvalue weighted by atomic mass is 32.2. The van der Waals surface area contributed by atoms with Crippen LogP contribution in [0.3, 0.4) is 0 Å². The van der Waals surface area contributed by atoms with E-state index in [1.807, 2.05) is 11.8 Å². The van der Waals surface area contributed by atoms with Gasteiger partial charge in [-0.05, 0) is 18.8 Å². The SMILES string of the molecule is OC(C1CCOCC1)C1CSCCO1. The fraction of sp³-hybridized carbons (Fsp3) is 1.00. The van der Waals surface area contributed by atoms with E-state index in [-0.39, 0.29) is 12.2 Å². The van der Waals surface area contributed by atoms with Gasteiger partial charge in [-0.1, -0.05) is 0 Å². The summed E-state index contributed by atoms with van der Waals surface area (Å²) in [6.45, 7) is 2.37. The van der Waals surface area contributed by atoms with Gasteiger partial charge in [0.1, 0.15) is 0 Å². The van der Waals surface area contributed by atoms with Crippen LogP contribution in [0, 0.1) is 5.92 Å². The molecule has 14 heavy (non-hydrogen) atoms. The van der Waals surface area contributed by atoms with Crippen molar-refractivity contribution in [2.75, 3.05) is 31.3 Å². The minimum Gasteiger partial charge on any atom is -0.390 e. The smallest absolute Gasteiger partial charge is 0.0927 e. The Bertz CT molecular complexity index is 147. The van der Waals surface area contributed by atoms with E-state index in [1.165, 1.54) is 0 Å². The van der Waals surface area contributed by atoms with Gasteiger partial charge in [-0.25, -0.2) is 0 Å². The quantitative estimate of drug-likeness (QED) is 0.747. The summed E-state index contributed by atoms with van der Waals surface area (Å²) in [5.41, 5.74) is 0. The van der Waals surface area contributed by atoms with E-state index in [2.05, 4.69) is 0 Å². The minimum absolute atomic E-state index is 0.0526. The molecule has 0 aromatic carbocycles. The van der Waals surface area contributed by atoms with Crippen molar-refractivity contribution in [3.63, 3.8) is 0 Å². The lowest BCUT2D eigenvalue weighted by Crippen LogP contribution is -2.41. The fourth-order valence-electron chi connectivity index (χ4n) is 2.06. The highest BCUT2D eigenvalue weighted by Crippen LogP contribution is 2.25. The molecular formula is C10H18O3S. The Kier molecular flexibility index (Phi) is 4.10. The predicted octanol–water partition coefficient (Wildman–Crippen LogP) is 0.906. The first-order chi connectivity index (χ1) is 6.88. The van der Waals surface area contributed by atoms with Crippen LogP contribution in [0.25, 0.3) is 0 Å². The van der Waals surface area contributed by atoms with Crippen LogP contribution in [0.5, 0.6) is 0 Å².